The van der Waals surface area contributed by atoms with Crippen LogP contribution in [0, 0.1) is 0 Å². The maximum Gasteiger partial charge on any atom is 0.135 e. The molecule has 6 aromatic rings. The molecule has 0 saturated carbocycles. The molecule has 0 amide bonds. The zero-order valence-electron chi connectivity index (χ0n) is 19.8. The summed E-state index contributed by atoms with van der Waals surface area (Å²) in [5.74, 6) is 0. The average Bonchev–Trinajstić information content (AvgIpc) is 3.38. The number of fused-ring (bicyclic) bond motifs is 6. The van der Waals surface area contributed by atoms with Crippen LogP contribution in [0.15, 0.2) is 120 Å². The molecule has 0 bridgehead atoms. The molecule has 0 aliphatic heterocycles. The van der Waals surface area contributed by atoms with Gasteiger partial charge in [0.25, 0.3) is 0 Å². The zero-order valence-corrected chi connectivity index (χ0v) is 19.8. The van der Waals surface area contributed by atoms with Gasteiger partial charge in [-0.15, -0.1) is 0 Å². The first-order valence-corrected chi connectivity index (χ1v) is 12.1. The van der Waals surface area contributed by atoms with E-state index in [4.69, 9.17) is 4.42 Å². The van der Waals surface area contributed by atoms with Gasteiger partial charge in [0.2, 0.25) is 0 Å². The molecular formula is C33H25NO. The quantitative estimate of drug-likeness (QED) is 0.266. The number of hydrogen-bond acceptors (Lipinski definition) is 2. The molecular weight excluding hydrogens is 426 g/mol. The van der Waals surface area contributed by atoms with E-state index in [-0.39, 0.29) is 5.41 Å². The lowest BCUT2D eigenvalue weighted by Gasteiger charge is -2.28. The molecule has 2 nitrogen and oxygen atoms in total. The number of nitrogens with zero attached hydrogens (tertiary/aromatic N) is 1. The van der Waals surface area contributed by atoms with Gasteiger partial charge in [-0.1, -0.05) is 80.6 Å². The summed E-state index contributed by atoms with van der Waals surface area (Å²) in [5.41, 5.74) is 10.6. The lowest BCUT2D eigenvalue weighted by Crippen LogP contribution is -2.16. The maximum absolute atomic E-state index is 6.10. The molecule has 0 saturated heterocycles. The van der Waals surface area contributed by atoms with Gasteiger partial charge >= 0.3 is 0 Å². The second-order valence-electron chi connectivity index (χ2n) is 9.85. The minimum atomic E-state index is -0.0466. The number of anilines is 3. The Hall–Kier alpha value is -4.30. The topological polar surface area (TPSA) is 16.4 Å². The Bertz CT molecular complexity index is 1730. The zero-order chi connectivity index (χ0) is 23.6. The molecule has 1 aromatic heterocycles. The molecule has 0 fully saturated rings. The molecule has 0 spiro atoms. The van der Waals surface area contributed by atoms with Gasteiger partial charge in [0.15, 0.2) is 0 Å². The second kappa shape index (κ2) is 7.35. The Kier molecular flexibility index (Phi) is 4.22. The normalized spacial score (nSPS) is 13.7. The van der Waals surface area contributed by atoms with E-state index in [2.05, 4.69) is 122 Å². The second-order valence-corrected chi connectivity index (χ2v) is 9.85. The standard InChI is InChI=1S/C33H25NO/c1-33(2)29-14-8-6-12-25(29)26-18-16-24(21-30(26)33)34(22-10-4-3-5-11-22)23-17-19-32-28(20-23)27-13-7-9-15-31(27)35-32/h3-21H,1-2H3. The fraction of sp³-hybridized carbons (Fsp3) is 0.0909. The molecule has 7 rings (SSSR count). The first-order chi connectivity index (χ1) is 17.1. The molecule has 35 heavy (non-hydrogen) atoms. The van der Waals surface area contributed by atoms with E-state index in [0.717, 1.165) is 39.0 Å². The Morgan fingerprint density at radius 3 is 2.06 bits per heavy atom. The van der Waals surface area contributed by atoms with Crippen LogP contribution in [0.3, 0.4) is 0 Å². The molecule has 1 aliphatic rings. The number of furan rings is 1. The van der Waals surface area contributed by atoms with Crippen LogP contribution in [-0.2, 0) is 5.41 Å². The van der Waals surface area contributed by atoms with Crippen LogP contribution in [0.25, 0.3) is 33.1 Å². The van der Waals surface area contributed by atoms with Crippen LogP contribution >= 0.6 is 0 Å². The highest BCUT2D eigenvalue weighted by atomic mass is 16.3. The molecule has 168 valence electrons. The Balaban J connectivity index is 1.44. The highest BCUT2D eigenvalue weighted by Gasteiger charge is 2.35. The van der Waals surface area contributed by atoms with Gasteiger partial charge in [-0.2, -0.15) is 0 Å². The van der Waals surface area contributed by atoms with Crippen LogP contribution in [0.4, 0.5) is 17.1 Å². The van der Waals surface area contributed by atoms with E-state index in [1.165, 1.54) is 22.3 Å². The van der Waals surface area contributed by atoms with Crippen LogP contribution in [0.2, 0.25) is 0 Å². The van der Waals surface area contributed by atoms with Gasteiger partial charge in [0, 0.05) is 33.2 Å². The predicted octanol–water partition coefficient (Wildman–Crippen LogP) is 9.36. The van der Waals surface area contributed by atoms with E-state index in [1.54, 1.807) is 0 Å². The van der Waals surface area contributed by atoms with Crippen molar-refractivity contribution in [2.75, 3.05) is 4.90 Å². The molecule has 1 aliphatic carbocycles. The summed E-state index contributed by atoms with van der Waals surface area (Å²) in [6.07, 6.45) is 0. The molecule has 0 radical (unpaired) electrons. The molecule has 2 heteroatoms. The van der Waals surface area contributed by atoms with E-state index in [9.17, 15) is 0 Å². The summed E-state index contributed by atoms with van der Waals surface area (Å²) in [6, 6.07) is 41.1. The van der Waals surface area contributed by atoms with Crippen molar-refractivity contribution in [3.05, 3.63) is 126 Å². The maximum atomic E-state index is 6.10. The highest BCUT2D eigenvalue weighted by Crippen LogP contribution is 2.50. The first-order valence-electron chi connectivity index (χ1n) is 12.1. The number of para-hydroxylation sites is 2. The molecule has 0 unspecified atom stereocenters. The van der Waals surface area contributed by atoms with Gasteiger partial charge in [0.1, 0.15) is 11.2 Å². The first kappa shape index (κ1) is 20.1. The SMILES string of the molecule is CC1(C)c2ccccc2-c2ccc(N(c3ccccc3)c3ccc4oc5ccccc5c4c3)cc21. The fourth-order valence-electron chi connectivity index (χ4n) is 5.71. The smallest absolute Gasteiger partial charge is 0.135 e. The van der Waals surface area contributed by atoms with Gasteiger partial charge < -0.3 is 9.32 Å². The molecule has 5 aromatic carbocycles. The van der Waals surface area contributed by atoms with Gasteiger partial charge in [-0.25, -0.2) is 0 Å². The molecule has 0 atom stereocenters. The fourth-order valence-corrected chi connectivity index (χ4v) is 5.71. The van der Waals surface area contributed by atoms with E-state index in [0.29, 0.717) is 0 Å². The van der Waals surface area contributed by atoms with Gasteiger partial charge in [0.05, 0.1) is 0 Å². The van der Waals surface area contributed by atoms with E-state index < -0.39 is 0 Å². The Morgan fingerprint density at radius 2 is 1.17 bits per heavy atom. The highest BCUT2D eigenvalue weighted by molar-refractivity contribution is 6.06. The van der Waals surface area contributed by atoms with E-state index >= 15 is 0 Å². The van der Waals surface area contributed by atoms with Gasteiger partial charge in [-0.05, 0) is 70.8 Å². The van der Waals surface area contributed by atoms with Crippen LogP contribution in [-0.4, -0.2) is 0 Å². The summed E-state index contributed by atoms with van der Waals surface area (Å²) in [5, 5.41) is 2.27. The Labute approximate surface area is 205 Å². The van der Waals surface area contributed by atoms with Crippen molar-refractivity contribution in [3.63, 3.8) is 0 Å². The summed E-state index contributed by atoms with van der Waals surface area (Å²) in [6.45, 7) is 4.66. The van der Waals surface area contributed by atoms with Crippen molar-refractivity contribution >= 4 is 39.0 Å². The van der Waals surface area contributed by atoms with Gasteiger partial charge in [-0.3, -0.25) is 0 Å². The third kappa shape index (κ3) is 2.96. The minimum absolute atomic E-state index is 0.0466. The third-order valence-electron chi connectivity index (χ3n) is 7.46. The monoisotopic (exact) mass is 451 g/mol. The summed E-state index contributed by atoms with van der Waals surface area (Å²) < 4.78 is 6.10. The number of benzene rings is 5. The van der Waals surface area contributed by atoms with Crippen molar-refractivity contribution in [2.45, 2.75) is 19.3 Å². The number of rotatable bonds is 3. The van der Waals surface area contributed by atoms with Crippen LogP contribution < -0.4 is 4.90 Å². The average molecular weight is 452 g/mol. The minimum Gasteiger partial charge on any atom is -0.456 e. The molecule has 0 N–H and O–H groups in total. The predicted molar refractivity (Wildman–Crippen MR) is 146 cm³/mol. The van der Waals surface area contributed by atoms with Crippen molar-refractivity contribution < 1.29 is 4.42 Å². The van der Waals surface area contributed by atoms with Crippen molar-refractivity contribution in [1.29, 1.82) is 0 Å². The van der Waals surface area contributed by atoms with E-state index in [1.807, 2.05) is 12.1 Å². The van der Waals surface area contributed by atoms with Crippen LogP contribution in [0.1, 0.15) is 25.0 Å². The lowest BCUT2D eigenvalue weighted by atomic mass is 9.82. The lowest BCUT2D eigenvalue weighted by molar-refractivity contribution is 0.660. The number of hydrogen-bond donors (Lipinski definition) is 0. The van der Waals surface area contributed by atoms with Crippen molar-refractivity contribution in [1.82, 2.24) is 0 Å². The van der Waals surface area contributed by atoms with Crippen molar-refractivity contribution in [3.8, 4) is 11.1 Å². The summed E-state index contributed by atoms with van der Waals surface area (Å²) in [7, 11) is 0. The largest absolute Gasteiger partial charge is 0.456 e. The third-order valence-corrected chi connectivity index (χ3v) is 7.46. The summed E-state index contributed by atoms with van der Waals surface area (Å²) in [4.78, 5) is 2.35. The van der Waals surface area contributed by atoms with Crippen LogP contribution in [0.5, 0.6) is 0 Å². The summed E-state index contributed by atoms with van der Waals surface area (Å²) >= 11 is 0. The Morgan fingerprint density at radius 1 is 0.514 bits per heavy atom. The van der Waals surface area contributed by atoms with Crippen molar-refractivity contribution in [2.24, 2.45) is 0 Å². The molecule has 1 heterocycles.